The third-order valence-electron chi connectivity index (χ3n) is 9.86. The number of benzene rings is 3. The van der Waals surface area contributed by atoms with Crippen LogP contribution >= 0.6 is 0 Å². The number of ether oxygens (including phenoxy) is 1. The molecule has 47 heavy (non-hydrogen) atoms. The van der Waals surface area contributed by atoms with Crippen LogP contribution in [-0.4, -0.2) is 24.4 Å². The number of para-hydroxylation sites is 1. The highest BCUT2D eigenvalue weighted by Crippen LogP contribution is 2.41. The minimum atomic E-state index is -0.336. The lowest BCUT2D eigenvalue weighted by molar-refractivity contribution is -0.138. The van der Waals surface area contributed by atoms with Crippen LogP contribution in [0.5, 0.6) is 5.75 Å². The molecule has 4 rings (SSSR count). The molecule has 2 atom stereocenters. The van der Waals surface area contributed by atoms with Gasteiger partial charge in [-0.25, -0.2) is 0 Å². The SMILES string of the molecule is CCCc1cccc(C(C)CC)c1N=C(CCCC(C)(C)c1ccccc1)[C@@H](ON1C=CCC1)c1c(C)cc(OC)cc1C(C)(C)C. The molecule has 0 spiro atoms. The van der Waals surface area contributed by atoms with Crippen LogP contribution in [0.3, 0.4) is 0 Å². The molecule has 0 saturated heterocycles. The van der Waals surface area contributed by atoms with E-state index in [9.17, 15) is 0 Å². The fraction of sp³-hybridized carbons (Fsp3) is 0.512. The Bertz CT molecular complexity index is 1510. The maximum atomic E-state index is 7.09. The molecule has 4 heteroatoms. The maximum absolute atomic E-state index is 7.09. The quantitative estimate of drug-likeness (QED) is 0.156. The highest BCUT2D eigenvalue weighted by molar-refractivity contribution is 5.93. The average molecular weight is 637 g/mol. The number of methoxy groups -OCH3 is 1. The largest absolute Gasteiger partial charge is 0.497 e. The highest BCUT2D eigenvalue weighted by atomic mass is 16.7. The van der Waals surface area contributed by atoms with Crippen molar-refractivity contribution in [1.82, 2.24) is 5.06 Å². The van der Waals surface area contributed by atoms with E-state index in [4.69, 9.17) is 14.6 Å². The van der Waals surface area contributed by atoms with Crippen molar-refractivity contribution in [3.8, 4) is 5.75 Å². The van der Waals surface area contributed by atoms with Crippen molar-refractivity contribution >= 4 is 11.4 Å². The molecule has 0 saturated carbocycles. The Morgan fingerprint density at radius 2 is 1.72 bits per heavy atom. The summed E-state index contributed by atoms with van der Waals surface area (Å²) >= 11 is 0. The number of hydrogen-bond donors (Lipinski definition) is 0. The Morgan fingerprint density at radius 3 is 2.34 bits per heavy atom. The zero-order valence-electron chi connectivity index (χ0n) is 31.0. The summed E-state index contributed by atoms with van der Waals surface area (Å²) in [5.74, 6) is 1.30. The first kappa shape index (κ1) is 36.5. The predicted octanol–water partition coefficient (Wildman–Crippen LogP) is 11.9. The summed E-state index contributed by atoms with van der Waals surface area (Å²) in [6.07, 6.45) is 11.0. The second-order valence-corrected chi connectivity index (χ2v) is 15.1. The predicted molar refractivity (Wildman–Crippen MR) is 200 cm³/mol. The summed E-state index contributed by atoms with van der Waals surface area (Å²) in [6, 6.07) is 22.1. The van der Waals surface area contributed by atoms with E-state index in [2.05, 4.69) is 135 Å². The number of hydroxylamine groups is 2. The van der Waals surface area contributed by atoms with E-state index < -0.39 is 0 Å². The third kappa shape index (κ3) is 9.16. The van der Waals surface area contributed by atoms with Crippen LogP contribution in [0.2, 0.25) is 0 Å². The molecule has 3 aromatic carbocycles. The van der Waals surface area contributed by atoms with E-state index in [0.29, 0.717) is 5.92 Å². The van der Waals surface area contributed by atoms with Gasteiger partial charge < -0.3 is 4.74 Å². The molecule has 0 bridgehead atoms. The molecular weight excluding hydrogens is 576 g/mol. The molecule has 0 aromatic heterocycles. The van der Waals surface area contributed by atoms with Crippen LogP contribution in [0.1, 0.15) is 139 Å². The van der Waals surface area contributed by atoms with Gasteiger partial charge in [-0.1, -0.05) is 116 Å². The zero-order valence-corrected chi connectivity index (χ0v) is 31.0. The summed E-state index contributed by atoms with van der Waals surface area (Å²) in [5, 5.41) is 2.03. The number of nitrogens with zero attached hydrogens (tertiary/aromatic N) is 2. The number of aryl methyl sites for hydroxylation is 2. The van der Waals surface area contributed by atoms with Gasteiger partial charge in [-0.3, -0.25) is 14.9 Å². The lowest BCUT2D eigenvalue weighted by Gasteiger charge is -2.33. The molecule has 1 aliphatic rings. The molecule has 254 valence electrons. The van der Waals surface area contributed by atoms with Gasteiger partial charge in [-0.2, -0.15) is 0 Å². The van der Waals surface area contributed by atoms with Crippen molar-refractivity contribution < 1.29 is 9.57 Å². The lowest BCUT2D eigenvalue weighted by Crippen LogP contribution is -2.29. The summed E-state index contributed by atoms with van der Waals surface area (Å²) in [6.45, 7) is 21.5. The molecule has 3 aromatic rings. The van der Waals surface area contributed by atoms with Crippen LogP contribution in [0.4, 0.5) is 5.69 Å². The molecule has 0 amide bonds. The first-order valence-corrected chi connectivity index (χ1v) is 17.9. The smallest absolute Gasteiger partial charge is 0.149 e. The average Bonchev–Trinajstić information content (AvgIpc) is 3.56. The minimum absolute atomic E-state index is 0.0506. The summed E-state index contributed by atoms with van der Waals surface area (Å²) in [4.78, 5) is 12.9. The van der Waals surface area contributed by atoms with Gasteiger partial charge in [0, 0.05) is 12.7 Å². The second kappa shape index (κ2) is 16.2. The van der Waals surface area contributed by atoms with Crippen molar-refractivity contribution in [2.75, 3.05) is 13.7 Å². The van der Waals surface area contributed by atoms with Crippen molar-refractivity contribution in [3.63, 3.8) is 0 Å². The van der Waals surface area contributed by atoms with E-state index >= 15 is 0 Å². The number of rotatable bonds is 15. The van der Waals surface area contributed by atoms with Crippen LogP contribution in [0.25, 0.3) is 0 Å². The zero-order chi connectivity index (χ0) is 34.2. The third-order valence-corrected chi connectivity index (χ3v) is 9.86. The van der Waals surface area contributed by atoms with Gasteiger partial charge in [-0.15, -0.1) is 0 Å². The van der Waals surface area contributed by atoms with Crippen LogP contribution < -0.4 is 4.74 Å². The minimum Gasteiger partial charge on any atom is -0.497 e. The molecule has 4 nitrogen and oxygen atoms in total. The molecule has 1 unspecified atom stereocenters. The van der Waals surface area contributed by atoms with Crippen LogP contribution in [-0.2, 0) is 22.1 Å². The Morgan fingerprint density at radius 1 is 0.979 bits per heavy atom. The van der Waals surface area contributed by atoms with Gasteiger partial charge in [0.2, 0.25) is 0 Å². The second-order valence-electron chi connectivity index (χ2n) is 15.1. The van der Waals surface area contributed by atoms with Crippen molar-refractivity contribution in [1.29, 1.82) is 0 Å². The fourth-order valence-corrected chi connectivity index (χ4v) is 6.79. The van der Waals surface area contributed by atoms with Gasteiger partial charge in [0.25, 0.3) is 0 Å². The summed E-state index contributed by atoms with van der Waals surface area (Å²) in [5.41, 5.74) is 9.83. The summed E-state index contributed by atoms with van der Waals surface area (Å²) in [7, 11) is 1.76. The van der Waals surface area contributed by atoms with Crippen molar-refractivity contribution in [2.45, 2.75) is 130 Å². The Hall–Kier alpha value is -3.37. The first-order valence-electron chi connectivity index (χ1n) is 17.9. The Balaban J connectivity index is 1.93. The lowest BCUT2D eigenvalue weighted by atomic mass is 9.78. The highest BCUT2D eigenvalue weighted by Gasteiger charge is 2.32. The van der Waals surface area contributed by atoms with Gasteiger partial charge in [0.15, 0.2) is 0 Å². The fourth-order valence-electron chi connectivity index (χ4n) is 6.79. The Labute approximate surface area is 286 Å². The topological polar surface area (TPSA) is 34.1 Å². The molecular formula is C43H60N2O2. The van der Waals surface area contributed by atoms with E-state index in [0.717, 1.165) is 68.6 Å². The monoisotopic (exact) mass is 636 g/mol. The molecule has 0 N–H and O–H groups in total. The normalized spacial score (nSPS) is 15.3. The van der Waals surface area contributed by atoms with Gasteiger partial charge in [0.1, 0.15) is 11.9 Å². The molecule has 0 aliphatic carbocycles. The van der Waals surface area contributed by atoms with Gasteiger partial charge in [-0.05, 0) is 108 Å². The standard InChI is InChI=1S/C43H60N2O2/c1-11-20-33-21-18-24-36(31(3)12-2)40(33)44-38(25-19-26-43(8,9)34-22-14-13-15-23-34)41(47-45-27-16-17-28-45)39-32(4)29-35(46-10)30-37(39)42(5,6)7/h13-16,18,21-24,27,29-31,41H,11-12,17,19-20,25-26,28H2,1-10H3/t31?,41-/m1/s1. The molecule has 0 radical (unpaired) electrons. The van der Waals surface area contributed by atoms with E-state index in [1.165, 1.54) is 33.4 Å². The van der Waals surface area contributed by atoms with E-state index in [-0.39, 0.29) is 16.9 Å². The van der Waals surface area contributed by atoms with E-state index in [1.54, 1.807) is 7.11 Å². The molecule has 1 heterocycles. The van der Waals surface area contributed by atoms with Crippen LogP contribution in [0.15, 0.2) is 77.9 Å². The van der Waals surface area contributed by atoms with Crippen molar-refractivity contribution in [3.05, 3.63) is 106 Å². The number of aliphatic imine (C=N–C) groups is 1. The van der Waals surface area contributed by atoms with Crippen molar-refractivity contribution in [2.24, 2.45) is 4.99 Å². The van der Waals surface area contributed by atoms with Gasteiger partial charge >= 0.3 is 0 Å². The number of hydrogen-bond acceptors (Lipinski definition) is 4. The summed E-state index contributed by atoms with van der Waals surface area (Å²) < 4.78 is 5.80. The molecule has 1 aliphatic heterocycles. The molecule has 0 fully saturated rings. The van der Waals surface area contributed by atoms with Crippen LogP contribution in [0, 0.1) is 6.92 Å². The van der Waals surface area contributed by atoms with Gasteiger partial charge in [0.05, 0.1) is 18.5 Å². The maximum Gasteiger partial charge on any atom is 0.149 e. The van der Waals surface area contributed by atoms with E-state index in [1.807, 2.05) is 5.06 Å². The first-order chi connectivity index (χ1) is 22.4. The Kier molecular flexibility index (Phi) is 12.5.